The van der Waals surface area contributed by atoms with Crippen LogP contribution < -0.4 is 0 Å². The average Bonchev–Trinajstić information content (AvgIpc) is 2.45. The number of hydrogen-bond acceptors (Lipinski definition) is 1. The second kappa shape index (κ2) is 8.61. The third-order valence-electron chi connectivity index (χ3n) is 4.02. The lowest BCUT2D eigenvalue weighted by atomic mass is 9.93. The predicted octanol–water partition coefficient (Wildman–Crippen LogP) is 6.12. The van der Waals surface area contributed by atoms with Crippen molar-refractivity contribution in [3.05, 3.63) is 52.6 Å². The minimum Gasteiger partial charge on any atom is -0.305 e. The van der Waals surface area contributed by atoms with Crippen LogP contribution in [0, 0.1) is 12.3 Å². The maximum absolute atomic E-state index is 7.75. The predicted molar refractivity (Wildman–Crippen MR) is 95.2 cm³/mol. The van der Waals surface area contributed by atoms with E-state index in [1.165, 1.54) is 28.7 Å². The molecule has 0 heterocycles. The summed E-state index contributed by atoms with van der Waals surface area (Å²) in [7, 11) is 0. The van der Waals surface area contributed by atoms with E-state index in [0.717, 1.165) is 24.8 Å². The smallest absolute Gasteiger partial charge is 0.0311 e. The van der Waals surface area contributed by atoms with Gasteiger partial charge >= 0.3 is 0 Å². The van der Waals surface area contributed by atoms with Crippen molar-refractivity contribution < 1.29 is 0 Å². The maximum atomic E-state index is 7.75. The van der Waals surface area contributed by atoms with Gasteiger partial charge in [0.15, 0.2) is 0 Å². The van der Waals surface area contributed by atoms with E-state index in [2.05, 4.69) is 51.1 Å². The van der Waals surface area contributed by atoms with Gasteiger partial charge in [0.2, 0.25) is 0 Å². The SMILES string of the molecule is C/C=C(/CCc1ccc(/C(=C\C)CCC)c(C)c1)C(C)=N. The Kier molecular flexibility index (Phi) is 7.14. The van der Waals surface area contributed by atoms with Crippen molar-refractivity contribution in [1.29, 1.82) is 5.41 Å². The summed E-state index contributed by atoms with van der Waals surface area (Å²) in [5, 5.41) is 7.75. The van der Waals surface area contributed by atoms with Crippen molar-refractivity contribution in [3.8, 4) is 0 Å². The summed E-state index contributed by atoms with van der Waals surface area (Å²) in [5.41, 5.74) is 7.40. The van der Waals surface area contributed by atoms with E-state index in [9.17, 15) is 0 Å². The fraction of sp³-hybridized carbons (Fsp3) is 0.450. The van der Waals surface area contributed by atoms with E-state index in [1.54, 1.807) is 0 Å². The molecule has 0 aliphatic rings. The first-order valence-corrected chi connectivity index (χ1v) is 7.99. The van der Waals surface area contributed by atoms with Gasteiger partial charge in [-0.3, -0.25) is 0 Å². The highest BCUT2D eigenvalue weighted by Gasteiger charge is 2.06. The topological polar surface area (TPSA) is 23.9 Å². The summed E-state index contributed by atoms with van der Waals surface area (Å²) in [5.74, 6) is 0. The number of benzene rings is 1. The van der Waals surface area contributed by atoms with Gasteiger partial charge in [-0.15, -0.1) is 0 Å². The van der Waals surface area contributed by atoms with Gasteiger partial charge < -0.3 is 5.41 Å². The van der Waals surface area contributed by atoms with Crippen molar-refractivity contribution in [2.45, 2.75) is 60.3 Å². The van der Waals surface area contributed by atoms with Crippen molar-refractivity contribution in [2.24, 2.45) is 0 Å². The molecule has 0 atom stereocenters. The minimum atomic E-state index is 0.685. The zero-order chi connectivity index (χ0) is 15.8. The van der Waals surface area contributed by atoms with Crippen LogP contribution in [0.3, 0.4) is 0 Å². The van der Waals surface area contributed by atoms with Gasteiger partial charge in [-0.1, -0.05) is 43.7 Å². The Hall–Kier alpha value is -1.63. The van der Waals surface area contributed by atoms with Gasteiger partial charge in [0.05, 0.1) is 0 Å². The number of aryl methyl sites for hydroxylation is 2. The normalized spacial score (nSPS) is 12.6. The molecule has 0 fully saturated rings. The fourth-order valence-electron chi connectivity index (χ4n) is 2.77. The highest BCUT2D eigenvalue weighted by Crippen LogP contribution is 2.25. The molecule has 1 heteroatoms. The van der Waals surface area contributed by atoms with Crippen LogP contribution in [0.2, 0.25) is 0 Å². The summed E-state index contributed by atoms with van der Waals surface area (Å²) in [4.78, 5) is 0. The molecule has 0 aliphatic heterocycles. The number of nitrogens with one attached hydrogen (secondary N) is 1. The molecule has 0 aliphatic carbocycles. The molecule has 0 radical (unpaired) electrons. The molecule has 0 unspecified atom stereocenters. The number of hydrogen-bond donors (Lipinski definition) is 1. The second-order valence-electron chi connectivity index (χ2n) is 5.65. The van der Waals surface area contributed by atoms with Crippen LogP contribution in [0.5, 0.6) is 0 Å². The number of rotatable bonds is 7. The van der Waals surface area contributed by atoms with Crippen molar-refractivity contribution >= 4 is 11.3 Å². The van der Waals surface area contributed by atoms with Gasteiger partial charge in [0.1, 0.15) is 0 Å². The molecule has 0 amide bonds. The summed E-state index contributed by atoms with van der Waals surface area (Å²) in [6.45, 7) is 10.4. The molecule has 0 saturated heterocycles. The first-order chi connectivity index (χ1) is 10.0. The lowest BCUT2D eigenvalue weighted by Gasteiger charge is -2.12. The molecule has 114 valence electrons. The van der Waals surface area contributed by atoms with Crippen LogP contribution in [-0.2, 0) is 6.42 Å². The van der Waals surface area contributed by atoms with Crippen LogP contribution in [0.15, 0.2) is 35.9 Å². The van der Waals surface area contributed by atoms with Crippen molar-refractivity contribution in [1.82, 2.24) is 0 Å². The standard InChI is InChI=1S/C20H29N/c1-6-9-19(8-3)20-13-11-17(14-15(20)4)10-12-18(7-2)16(5)21/h7-8,11,13-14,21H,6,9-10,12H2,1-5H3/b18-7-,19-8-,21-16?. The Morgan fingerprint density at radius 3 is 2.33 bits per heavy atom. The minimum absolute atomic E-state index is 0.685. The molecule has 1 N–H and O–H groups in total. The van der Waals surface area contributed by atoms with E-state index >= 15 is 0 Å². The van der Waals surface area contributed by atoms with E-state index in [4.69, 9.17) is 5.41 Å². The summed E-state index contributed by atoms with van der Waals surface area (Å²) in [6.07, 6.45) is 8.59. The quantitative estimate of drug-likeness (QED) is 0.583. The monoisotopic (exact) mass is 283 g/mol. The third kappa shape index (κ3) is 5.00. The number of allylic oxidation sites excluding steroid dienone is 4. The first-order valence-electron chi connectivity index (χ1n) is 7.99. The zero-order valence-electron chi connectivity index (χ0n) is 14.2. The van der Waals surface area contributed by atoms with Gasteiger partial charge in [-0.05, 0) is 74.8 Å². The Balaban J connectivity index is 2.86. The average molecular weight is 283 g/mol. The van der Waals surface area contributed by atoms with E-state index in [1.807, 2.05) is 13.8 Å². The summed E-state index contributed by atoms with van der Waals surface area (Å²) in [6, 6.07) is 6.82. The Morgan fingerprint density at radius 1 is 1.14 bits per heavy atom. The molecule has 1 rings (SSSR count). The molecular formula is C20H29N. The van der Waals surface area contributed by atoms with Crippen LogP contribution in [0.4, 0.5) is 0 Å². The molecule has 0 saturated carbocycles. The van der Waals surface area contributed by atoms with Crippen LogP contribution >= 0.6 is 0 Å². The summed E-state index contributed by atoms with van der Waals surface area (Å²) >= 11 is 0. The molecule has 1 aromatic carbocycles. The maximum Gasteiger partial charge on any atom is 0.0311 e. The second-order valence-corrected chi connectivity index (χ2v) is 5.65. The third-order valence-corrected chi connectivity index (χ3v) is 4.02. The molecule has 1 aromatic rings. The molecule has 0 spiro atoms. The van der Waals surface area contributed by atoms with Crippen LogP contribution in [-0.4, -0.2) is 5.71 Å². The Labute approximate surface area is 130 Å². The van der Waals surface area contributed by atoms with E-state index in [-0.39, 0.29) is 0 Å². The highest BCUT2D eigenvalue weighted by atomic mass is 14.4. The van der Waals surface area contributed by atoms with Crippen LogP contribution in [0.1, 0.15) is 63.6 Å². The van der Waals surface area contributed by atoms with Crippen LogP contribution in [0.25, 0.3) is 5.57 Å². The molecule has 1 nitrogen and oxygen atoms in total. The van der Waals surface area contributed by atoms with Gasteiger partial charge in [-0.25, -0.2) is 0 Å². The lowest BCUT2D eigenvalue weighted by Crippen LogP contribution is -1.98. The molecule has 0 bridgehead atoms. The zero-order valence-corrected chi connectivity index (χ0v) is 14.2. The summed E-state index contributed by atoms with van der Waals surface area (Å²) < 4.78 is 0. The molecular weight excluding hydrogens is 254 g/mol. The van der Waals surface area contributed by atoms with Crippen molar-refractivity contribution in [2.75, 3.05) is 0 Å². The van der Waals surface area contributed by atoms with Gasteiger partial charge in [-0.2, -0.15) is 0 Å². The Morgan fingerprint density at radius 2 is 1.86 bits per heavy atom. The highest BCUT2D eigenvalue weighted by molar-refractivity contribution is 5.95. The van der Waals surface area contributed by atoms with E-state index in [0.29, 0.717) is 5.71 Å². The fourth-order valence-corrected chi connectivity index (χ4v) is 2.77. The van der Waals surface area contributed by atoms with Crippen molar-refractivity contribution in [3.63, 3.8) is 0 Å². The van der Waals surface area contributed by atoms with Gasteiger partial charge in [0.25, 0.3) is 0 Å². The largest absolute Gasteiger partial charge is 0.305 e. The lowest BCUT2D eigenvalue weighted by molar-refractivity contribution is 0.958. The van der Waals surface area contributed by atoms with Gasteiger partial charge in [0, 0.05) is 5.71 Å². The first kappa shape index (κ1) is 17.4. The van der Waals surface area contributed by atoms with E-state index < -0.39 is 0 Å². The molecule has 0 aromatic heterocycles. The Bertz CT molecular complexity index is 547. The molecule has 21 heavy (non-hydrogen) atoms.